The summed E-state index contributed by atoms with van der Waals surface area (Å²) in [5, 5.41) is 15.7. The number of nitro benzene ring substituents is 1. The number of hydrogen-bond donors (Lipinski definition) is 1. The SMILES string of the molecule is O=C(C=Cc1ccccn1)Nc1cc([N+](=O)[O-])ccc1Sc1cccs1. The van der Waals surface area contributed by atoms with Gasteiger partial charge in [0.05, 0.1) is 20.5 Å². The molecule has 1 N–H and O–H groups in total. The summed E-state index contributed by atoms with van der Waals surface area (Å²) < 4.78 is 1.03. The molecule has 0 saturated heterocycles. The Balaban J connectivity index is 1.81. The van der Waals surface area contributed by atoms with E-state index in [-0.39, 0.29) is 11.6 Å². The van der Waals surface area contributed by atoms with E-state index in [1.54, 1.807) is 41.8 Å². The molecule has 0 atom stereocenters. The summed E-state index contributed by atoms with van der Waals surface area (Å²) in [4.78, 5) is 27.6. The lowest BCUT2D eigenvalue weighted by molar-refractivity contribution is -0.384. The van der Waals surface area contributed by atoms with E-state index in [9.17, 15) is 14.9 Å². The second-order valence-corrected chi connectivity index (χ2v) is 7.34. The maximum absolute atomic E-state index is 12.2. The van der Waals surface area contributed by atoms with Gasteiger partial charge in [-0.05, 0) is 35.7 Å². The molecule has 3 aromatic rings. The number of pyridine rings is 1. The number of amides is 1. The van der Waals surface area contributed by atoms with Crippen LogP contribution in [0.4, 0.5) is 11.4 Å². The van der Waals surface area contributed by atoms with Crippen molar-refractivity contribution in [3.05, 3.63) is 82.0 Å². The lowest BCUT2D eigenvalue weighted by Crippen LogP contribution is -2.09. The molecule has 26 heavy (non-hydrogen) atoms. The molecule has 6 nitrogen and oxygen atoms in total. The van der Waals surface area contributed by atoms with Crippen molar-refractivity contribution in [3.63, 3.8) is 0 Å². The van der Waals surface area contributed by atoms with Crippen LogP contribution in [0.15, 0.2) is 75.3 Å². The summed E-state index contributed by atoms with van der Waals surface area (Å²) in [6, 6.07) is 13.7. The summed E-state index contributed by atoms with van der Waals surface area (Å²) in [6.45, 7) is 0. The smallest absolute Gasteiger partial charge is 0.271 e. The van der Waals surface area contributed by atoms with Gasteiger partial charge >= 0.3 is 0 Å². The van der Waals surface area contributed by atoms with Crippen LogP contribution in [-0.2, 0) is 4.79 Å². The van der Waals surface area contributed by atoms with Crippen molar-refractivity contribution >= 4 is 46.5 Å². The van der Waals surface area contributed by atoms with Crippen molar-refractivity contribution in [3.8, 4) is 0 Å². The van der Waals surface area contributed by atoms with Gasteiger partial charge in [0.2, 0.25) is 5.91 Å². The number of carbonyl (C=O) groups is 1. The summed E-state index contributed by atoms with van der Waals surface area (Å²) in [5.74, 6) is -0.385. The Morgan fingerprint density at radius 1 is 1.23 bits per heavy atom. The Kier molecular flexibility index (Phi) is 5.77. The van der Waals surface area contributed by atoms with E-state index in [0.29, 0.717) is 11.4 Å². The highest BCUT2D eigenvalue weighted by atomic mass is 32.2. The zero-order chi connectivity index (χ0) is 18.4. The summed E-state index contributed by atoms with van der Waals surface area (Å²) >= 11 is 3.00. The zero-order valence-corrected chi connectivity index (χ0v) is 15.0. The van der Waals surface area contributed by atoms with Gasteiger partial charge in [0.1, 0.15) is 0 Å². The van der Waals surface area contributed by atoms with E-state index in [2.05, 4.69) is 10.3 Å². The van der Waals surface area contributed by atoms with E-state index in [4.69, 9.17) is 0 Å². The minimum atomic E-state index is -0.487. The number of hydrogen-bond acceptors (Lipinski definition) is 6. The molecule has 0 aliphatic carbocycles. The van der Waals surface area contributed by atoms with Crippen molar-refractivity contribution in [1.82, 2.24) is 4.98 Å². The topological polar surface area (TPSA) is 85.1 Å². The van der Waals surface area contributed by atoms with Crippen molar-refractivity contribution < 1.29 is 9.72 Å². The lowest BCUT2D eigenvalue weighted by Gasteiger charge is -2.08. The Bertz CT molecular complexity index is 942. The minimum Gasteiger partial charge on any atom is -0.321 e. The quantitative estimate of drug-likeness (QED) is 0.373. The zero-order valence-electron chi connectivity index (χ0n) is 13.4. The van der Waals surface area contributed by atoms with Crippen LogP contribution in [0.3, 0.4) is 0 Å². The fraction of sp³-hybridized carbons (Fsp3) is 0. The van der Waals surface area contributed by atoms with Crippen LogP contribution < -0.4 is 5.32 Å². The highest BCUT2D eigenvalue weighted by molar-refractivity contribution is 8.01. The Morgan fingerprint density at radius 2 is 2.12 bits per heavy atom. The van der Waals surface area contributed by atoms with Gasteiger partial charge < -0.3 is 5.32 Å². The Morgan fingerprint density at radius 3 is 2.81 bits per heavy atom. The third kappa shape index (κ3) is 4.78. The molecule has 0 aliphatic rings. The molecule has 2 aromatic heterocycles. The number of benzene rings is 1. The summed E-state index contributed by atoms with van der Waals surface area (Å²) in [6.07, 6.45) is 4.56. The van der Waals surface area contributed by atoms with Gasteiger partial charge in [0.25, 0.3) is 5.69 Å². The molecule has 0 fully saturated rings. The first-order valence-corrected chi connectivity index (χ1v) is 9.21. The molecule has 8 heteroatoms. The number of nitrogens with one attached hydrogen (secondary N) is 1. The monoisotopic (exact) mass is 383 g/mol. The maximum atomic E-state index is 12.2. The summed E-state index contributed by atoms with van der Waals surface area (Å²) in [7, 11) is 0. The van der Waals surface area contributed by atoms with E-state index < -0.39 is 4.92 Å². The molecule has 0 aliphatic heterocycles. The van der Waals surface area contributed by atoms with Crippen LogP contribution in [0, 0.1) is 10.1 Å². The highest BCUT2D eigenvalue weighted by Gasteiger charge is 2.13. The normalized spacial score (nSPS) is 10.8. The van der Waals surface area contributed by atoms with Crippen LogP contribution in [0.5, 0.6) is 0 Å². The number of nitrogens with zero attached hydrogens (tertiary/aromatic N) is 2. The lowest BCUT2D eigenvalue weighted by atomic mass is 10.2. The molecule has 2 heterocycles. The van der Waals surface area contributed by atoms with Gasteiger partial charge in [0, 0.05) is 29.3 Å². The Labute approximate surface area is 157 Å². The van der Waals surface area contributed by atoms with Crippen LogP contribution >= 0.6 is 23.1 Å². The molecule has 1 amide bonds. The van der Waals surface area contributed by atoms with Gasteiger partial charge in [-0.1, -0.05) is 23.9 Å². The van der Waals surface area contributed by atoms with Gasteiger partial charge in [-0.3, -0.25) is 19.9 Å². The third-order valence-corrected chi connectivity index (χ3v) is 5.34. The highest BCUT2D eigenvalue weighted by Crippen LogP contribution is 2.37. The van der Waals surface area contributed by atoms with Crippen LogP contribution in [0.2, 0.25) is 0 Å². The molecular weight excluding hydrogens is 370 g/mol. The number of aromatic nitrogens is 1. The molecule has 0 unspecified atom stereocenters. The van der Waals surface area contributed by atoms with Gasteiger partial charge in [0.15, 0.2) is 0 Å². The first-order valence-electron chi connectivity index (χ1n) is 7.52. The number of carbonyl (C=O) groups excluding carboxylic acids is 1. The third-order valence-electron chi connectivity index (χ3n) is 3.23. The fourth-order valence-corrected chi connectivity index (χ4v) is 3.85. The average Bonchev–Trinajstić information content (AvgIpc) is 3.15. The van der Waals surface area contributed by atoms with Crippen LogP contribution in [0.1, 0.15) is 5.69 Å². The van der Waals surface area contributed by atoms with Gasteiger partial charge in [-0.2, -0.15) is 0 Å². The number of nitro groups is 1. The standard InChI is InChI=1S/C18H13N3O3S2/c22-17(9-6-13-4-1-2-10-19-13)20-15-12-14(21(23)24)7-8-16(15)26-18-5-3-11-25-18/h1-12H,(H,20,22). The molecule has 130 valence electrons. The van der Waals surface area contributed by atoms with Gasteiger partial charge in [-0.25, -0.2) is 0 Å². The summed E-state index contributed by atoms with van der Waals surface area (Å²) in [5.41, 5.74) is 0.965. The van der Waals surface area contributed by atoms with Crippen LogP contribution in [0.25, 0.3) is 6.08 Å². The fourth-order valence-electron chi connectivity index (χ4n) is 2.06. The molecule has 0 saturated carbocycles. The first kappa shape index (κ1) is 17.8. The predicted octanol–water partition coefficient (Wildman–Crippen LogP) is 4.85. The minimum absolute atomic E-state index is 0.0791. The van der Waals surface area contributed by atoms with Crippen molar-refractivity contribution in [2.24, 2.45) is 0 Å². The predicted molar refractivity (Wildman–Crippen MR) is 103 cm³/mol. The molecular formula is C18H13N3O3S2. The number of anilines is 1. The van der Waals surface area contributed by atoms with Crippen LogP contribution in [-0.4, -0.2) is 15.8 Å². The maximum Gasteiger partial charge on any atom is 0.271 e. The van der Waals surface area contributed by atoms with Crippen molar-refractivity contribution in [1.29, 1.82) is 0 Å². The molecule has 0 spiro atoms. The van der Waals surface area contributed by atoms with Crippen molar-refractivity contribution in [2.45, 2.75) is 9.10 Å². The second-order valence-electron chi connectivity index (χ2n) is 5.05. The van der Waals surface area contributed by atoms with E-state index in [1.807, 2.05) is 23.6 Å². The second kappa shape index (κ2) is 8.41. The Hall–Kier alpha value is -2.97. The number of thiophene rings is 1. The van der Waals surface area contributed by atoms with Gasteiger partial charge in [-0.15, -0.1) is 11.3 Å². The van der Waals surface area contributed by atoms with Crippen molar-refractivity contribution in [2.75, 3.05) is 5.32 Å². The average molecular weight is 383 g/mol. The van der Waals surface area contributed by atoms with E-state index in [0.717, 1.165) is 9.10 Å². The van der Waals surface area contributed by atoms with E-state index in [1.165, 1.54) is 30.0 Å². The number of rotatable bonds is 6. The largest absolute Gasteiger partial charge is 0.321 e. The molecule has 1 aromatic carbocycles. The molecule has 3 rings (SSSR count). The number of non-ortho nitro benzene ring substituents is 1. The van der Waals surface area contributed by atoms with E-state index >= 15 is 0 Å². The molecule has 0 radical (unpaired) electrons. The molecule has 0 bridgehead atoms. The first-order chi connectivity index (χ1) is 12.6.